The highest BCUT2D eigenvalue weighted by Crippen LogP contribution is 2.60. The lowest BCUT2D eigenvalue weighted by molar-refractivity contribution is 0.738. The molecule has 0 N–H and O–H groups in total. The second-order valence-corrected chi connectivity index (χ2v) is 13.5. The van der Waals surface area contributed by atoms with E-state index in [9.17, 15) is 0 Å². The summed E-state index contributed by atoms with van der Waals surface area (Å²) in [6.07, 6.45) is 0. The van der Waals surface area contributed by atoms with Crippen LogP contribution in [0.25, 0.3) is 73.1 Å². The third-order valence-corrected chi connectivity index (χ3v) is 10.6. The lowest BCUT2D eigenvalue weighted by atomic mass is 9.72. The van der Waals surface area contributed by atoms with E-state index in [1.807, 2.05) is 60.7 Å². The van der Waals surface area contributed by atoms with Crippen LogP contribution in [0.2, 0.25) is 0 Å². The van der Waals surface area contributed by atoms with Crippen LogP contribution >= 0.6 is 0 Å². The first-order valence-corrected chi connectivity index (χ1v) is 17.6. The highest BCUT2D eigenvalue weighted by molar-refractivity contribution is 5.93. The lowest BCUT2D eigenvalue weighted by Crippen LogP contribution is -2.27. The highest BCUT2D eigenvalue weighted by Gasteiger charge is 2.54. The standard InChI is InChI=1S/C47H29N5/c1-3-14-30(15-4-1)43-49-44(31-16-5-2-6-17-31)51-45(50-43)34-19-13-18-32(28-34)33-26-27-36-35-20-7-8-21-37(35)47(39(36)29-33)38-22-9-11-24-41(38)52-42-25-12-10-23-40(42)48-46(47)52/h1-29H. The van der Waals surface area contributed by atoms with Gasteiger partial charge in [-0.15, -0.1) is 0 Å². The molecule has 2 aliphatic rings. The Labute approximate surface area is 300 Å². The minimum Gasteiger partial charge on any atom is -0.295 e. The van der Waals surface area contributed by atoms with Crippen LogP contribution in [0, 0.1) is 0 Å². The molecule has 0 radical (unpaired) electrons. The molecule has 242 valence electrons. The molecule has 0 fully saturated rings. The third kappa shape index (κ3) is 4.05. The fourth-order valence-electron chi connectivity index (χ4n) is 8.39. The van der Waals surface area contributed by atoms with Gasteiger partial charge in [0.25, 0.3) is 0 Å². The van der Waals surface area contributed by atoms with E-state index < -0.39 is 5.41 Å². The minimum atomic E-state index is -0.557. The summed E-state index contributed by atoms with van der Waals surface area (Å²) in [7, 11) is 0. The Morgan fingerprint density at radius 3 is 1.69 bits per heavy atom. The van der Waals surface area contributed by atoms with Crippen LogP contribution in [-0.4, -0.2) is 24.5 Å². The minimum absolute atomic E-state index is 0.557. The number of para-hydroxylation sites is 3. The van der Waals surface area contributed by atoms with Crippen molar-refractivity contribution in [3.8, 4) is 62.1 Å². The zero-order valence-corrected chi connectivity index (χ0v) is 28.0. The average molecular weight is 664 g/mol. The van der Waals surface area contributed by atoms with Gasteiger partial charge in [-0.25, -0.2) is 19.9 Å². The zero-order valence-electron chi connectivity index (χ0n) is 28.0. The van der Waals surface area contributed by atoms with Gasteiger partial charge in [-0.2, -0.15) is 0 Å². The van der Waals surface area contributed by atoms with Crippen molar-refractivity contribution in [2.24, 2.45) is 0 Å². The van der Waals surface area contributed by atoms with E-state index in [1.165, 1.54) is 33.5 Å². The fourth-order valence-corrected chi connectivity index (χ4v) is 8.39. The molecular formula is C47H29N5. The molecule has 0 amide bonds. The topological polar surface area (TPSA) is 56.5 Å². The van der Waals surface area contributed by atoms with Gasteiger partial charge in [0, 0.05) is 16.7 Å². The van der Waals surface area contributed by atoms with E-state index in [1.54, 1.807) is 0 Å². The van der Waals surface area contributed by atoms with Gasteiger partial charge in [0.05, 0.1) is 16.7 Å². The summed E-state index contributed by atoms with van der Waals surface area (Å²) >= 11 is 0. The largest absolute Gasteiger partial charge is 0.295 e. The number of fused-ring (bicyclic) bond motifs is 12. The number of benzene rings is 7. The molecule has 7 aromatic carbocycles. The van der Waals surface area contributed by atoms with Gasteiger partial charge in [0.1, 0.15) is 11.2 Å². The molecule has 3 heterocycles. The Bertz CT molecular complexity index is 2800. The van der Waals surface area contributed by atoms with Crippen molar-refractivity contribution in [1.82, 2.24) is 24.5 Å². The van der Waals surface area contributed by atoms with Gasteiger partial charge in [0.2, 0.25) is 0 Å². The number of hydrogen-bond donors (Lipinski definition) is 0. The number of nitrogens with zero attached hydrogens (tertiary/aromatic N) is 5. The van der Waals surface area contributed by atoms with Gasteiger partial charge in [0.15, 0.2) is 17.5 Å². The molecule has 1 aliphatic heterocycles. The van der Waals surface area contributed by atoms with E-state index in [0.717, 1.165) is 44.7 Å². The Hall–Kier alpha value is -6.98. The summed E-state index contributed by atoms with van der Waals surface area (Å²) in [5.41, 5.74) is 14.1. The summed E-state index contributed by atoms with van der Waals surface area (Å²) in [4.78, 5) is 20.3. The van der Waals surface area contributed by atoms with Crippen LogP contribution in [0.1, 0.15) is 22.5 Å². The Balaban J connectivity index is 1.11. The molecule has 0 saturated carbocycles. The quantitative estimate of drug-likeness (QED) is 0.188. The Kier molecular flexibility index (Phi) is 6.10. The summed E-state index contributed by atoms with van der Waals surface area (Å²) in [6, 6.07) is 61.8. The van der Waals surface area contributed by atoms with E-state index in [-0.39, 0.29) is 0 Å². The van der Waals surface area contributed by atoms with Crippen molar-refractivity contribution in [3.63, 3.8) is 0 Å². The van der Waals surface area contributed by atoms with Crippen LogP contribution in [0.15, 0.2) is 176 Å². The van der Waals surface area contributed by atoms with Crippen LogP contribution in [-0.2, 0) is 5.41 Å². The molecule has 52 heavy (non-hydrogen) atoms. The smallest absolute Gasteiger partial charge is 0.164 e. The van der Waals surface area contributed by atoms with E-state index >= 15 is 0 Å². The van der Waals surface area contributed by atoms with Gasteiger partial charge in [-0.05, 0) is 69.3 Å². The molecule has 5 nitrogen and oxygen atoms in total. The fraction of sp³-hybridized carbons (Fsp3) is 0.0213. The number of aromatic nitrogens is 5. The Morgan fingerprint density at radius 1 is 0.365 bits per heavy atom. The molecule has 9 aromatic rings. The number of hydrogen-bond acceptors (Lipinski definition) is 4. The predicted molar refractivity (Wildman–Crippen MR) is 207 cm³/mol. The first kappa shape index (κ1) is 28.8. The van der Waals surface area contributed by atoms with Crippen molar-refractivity contribution in [2.75, 3.05) is 0 Å². The van der Waals surface area contributed by atoms with Crippen molar-refractivity contribution >= 4 is 11.0 Å². The summed E-state index contributed by atoms with van der Waals surface area (Å²) in [6.45, 7) is 0. The molecule has 1 aliphatic carbocycles. The van der Waals surface area contributed by atoms with Crippen LogP contribution in [0.4, 0.5) is 0 Å². The molecule has 1 unspecified atom stereocenters. The van der Waals surface area contributed by atoms with Crippen molar-refractivity contribution < 1.29 is 0 Å². The van der Waals surface area contributed by atoms with Crippen LogP contribution < -0.4 is 0 Å². The molecule has 0 saturated heterocycles. The van der Waals surface area contributed by atoms with Gasteiger partial charge in [-0.3, -0.25) is 4.57 Å². The van der Waals surface area contributed by atoms with Crippen molar-refractivity contribution in [1.29, 1.82) is 0 Å². The molecule has 1 atom stereocenters. The van der Waals surface area contributed by atoms with E-state index in [4.69, 9.17) is 19.9 Å². The number of imidazole rings is 1. The van der Waals surface area contributed by atoms with Gasteiger partial charge >= 0.3 is 0 Å². The van der Waals surface area contributed by atoms with Gasteiger partial charge < -0.3 is 0 Å². The Morgan fingerprint density at radius 2 is 0.923 bits per heavy atom. The highest BCUT2D eigenvalue weighted by atomic mass is 15.1. The first-order valence-electron chi connectivity index (χ1n) is 17.6. The summed E-state index contributed by atoms with van der Waals surface area (Å²) in [5, 5.41) is 0. The maximum atomic E-state index is 5.40. The zero-order chi connectivity index (χ0) is 34.2. The molecule has 11 rings (SSSR count). The van der Waals surface area contributed by atoms with Crippen molar-refractivity contribution in [3.05, 3.63) is 198 Å². The molecule has 2 aromatic heterocycles. The molecule has 1 spiro atoms. The van der Waals surface area contributed by atoms with Crippen molar-refractivity contribution in [2.45, 2.75) is 5.41 Å². The second-order valence-electron chi connectivity index (χ2n) is 13.5. The SMILES string of the molecule is c1ccc(-c2nc(-c3ccccc3)nc(-c3cccc(-c4ccc5c(c4)C4(c6ccccc6-5)c5ccccc5-n5c4nc4ccccc45)c3)n2)cc1. The predicted octanol–water partition coefficient (Wildman–Crippen LogP) is 10.6. The number of rotatable bonds is 4. The van der Waals surface area contributed by atoms with E-state index in [2.05, 4.69) is 120 Å². The third-order valence-electron chi connectivity index (χ3n) is 10.6. The maximum Gasteiger partial charge on any atom is 0.164 e. The maximum absolute atomic E-state index is 5.40. The first-order chi connectivity index (χ1) is 25.8. The second kappa shape index (κ2) is 11.0. The van der Waals surface area contributed by atoms with E-state index in [0.29, 0.717) is 17.5 Å². The van der Waals surface area contributed by atoms with Crippen LogP contribution in [0.5, 0.6) is 0 Å². The molecule has 5 heteroatoms. The summed E-state index contributed by atoms with van der Waals surface area (Å²) < 4.78 is 2.37. The lowest BCUT2D eigenvalue weighted by Gasteiger charge is -2.27. The monoisotopic (exact) mass is 663 g/mol. The normalized spacial score (nSPS) is 15.0. The molecular weight excluding hydrogens is 635 g/mol. The molecule has 0 bridgehead atoms. The summed E-state index contributed by atoms with van der Waals surface area (Å²) in [5.74, 6) is 2.97. The average Bonchev–Trinajstić information content (AvgIpc) is 3.85. The van der Waals surface area contributed by atoms with Crippen LogP contribution in [0.3, 0.4) is 0 Å². The van der Waals surface area contributed by atoms with Gasteiger partial charge in [-0.1, -0.05) is 146 Å².